The molecule has 0 aromatic heterocycles. The zero-order valence-corrected chi connectivity index (χ0v) is 15.1. The molecule has 1 aromatic rings. The van der Waals surface area contributed by atoms with Gasteiger partial charge in [0.1, 0.15) is 5.75 Å². The highest BCUT2D eigenvalue weighted by Crippen LogP contribution is 2.33. The molecule has 2 aliphatic heterocycles. The SMILES string of the molecule is COc1ccccc1CC(C)N(C)C(=O)CC1CC2CCC(C1)N2. The summed E-state index contributed by atoms with van der Waals surface area (Å²) in [7, 11) is 3.64. The molecule has 0 aliphatic carbocycles. The summed E-state index contributed by atoms with van der Waals surface area (Å²) in [6.07, 6.45) is 6.42. The van der Waals surface area contributed by atoms with Crippen molar-refractivity contribution in [2.45, 2.75) is 63.6 Å². The number of piperidine rings is 1. The standard InChI is InChI=1S/C20H30N2O2/c1-14(10-16-6-4-5-7-19(16)24-3)22(2)20(23)13-15-11-17-8-9-18(12-15)21-17/h4-7,14-15,17-18,21H,8-13H2,1-3H3. The van der Waals surface area contributed by atoms with Gasteiger partial charge in [-0.25, -0.2) is 0 Å². The summed E-state index contributed by atoms with van der Waals surface area (Å²) in [5, 5.41) is 3.65. The second-order valence-electron chi connectivity index (χ2n) is 7.55. The van der Waals surface area contributed by atoms with Gasteiger partial charge in [-0.2, -0.15) is 0 Å². The number of benzene rings is 1. The summed E-state index contributed by atoms with van der Waals surface area (Å²) in [6, 6.07) is 9.54. The van der Waals surface area contributed by atoms with E-state index in [2.05, 4.69) is 18.3 Å². The first-order valence-electron chi connectivity index (χ1n) is 9.20. The first-order valence-corrected chi connectivity index (χ1v) is 9.20. The number of nitrogens with one attached hydrogen (secondary N) is 1. The van der Waals surface area contributed by atoms with E-state index in [0.29, 0.717) is 24.4 Å². The van der Waals surface area contributed by atoms with Crippen LogP contribution in [-0.2, 0) is 11.2 Å². The number of carbonyl (C=O) groups is 1. The van der Waals surface area contributed by atoms with Crippen LogP contribution < -0.4 is 10.1 Å². The molecule has 2 bridgehead atoms. The van der Waals surface area contributed by atoms with Crippen LogP contribution in [0.3, 0.4) is 0 Å². The minimum Gasteiger partial charge on any atom is -0.496 e. The number of hydrogen-bond acceptors (Lipinski definition) is 3. The Hall–Kier alpha value is -1.55. The van der Waals surface area contributed by atoms with Gasteiger partial charge in [0, 0.05) is 31.6 Å². The molecule has 2 saturated heterocycles. The van der Waals surface area contributed by atoms with Gasteiger partial charge >= 0.3 is 0 Å². The molecular formula is C20H30N2O2. The minimum atomic E-state index is 0.173. The number of hydrogen-bond donors (Lipinski definition) is 1. The molecule has 2 fully saturated rings. The van der Waals surface area contributed by atoms with Gasteiger partial charge in [-0.05, 0) is 56.6 Å². The van der Waals surface area contributed by atoms with Gasteiger partial charge < -0.3 is 15.0 Å². The third-order valence-electron chi connectivity index (χ3n) is 5.80. The van der Waals surface area contributed by atoms with Crippen LogP contribution in [0.4, 0.5) is 0 Å². The predicted octanol–water partition coefficient (Wildman–Crippen LogP) is 3.01. The number of methoxy groups -OCH3 is 1. The van der Waals surface area contributed by atoms with E-state index in [4.69, 9.17) is 4.74 Å². The maximum Gasteiger partial charge on any atom is 0.222 e. The molecule has 3 atom stereocenters. The number of carbonyl (C=O) groups excluding carboxylic acids is 1. The van der Waals surface area contributed by atoms with Gasteiger partial charge in [-0.3, -0.25) is 4.79 Å². The van der Waals surface area contributed by atoms with Crippen molar-refractivity contribution in [2.75, 3.05) is 14.2 Å². The van der Waals surface area contributed by atoms with Crippen LogP contribution in [-0.4, -0.2) is 43.1 Å². The zero-order valence-electron chi connectivity index (χ0n) is 15.1. The zero-order chi connectivity index (χ0) is 17.1. The lowest BCUT2D eigenvalue weighted by Crippen LogP contribution is -2.41. The monoisotopic (exact) mass is 330 g/mol. The molecule has 3 rings (SSSR count). The fraction of sp³-hybridized carbons (Fsp3) is 0.650. The molecule has 1 N–H and O–H groups in total. The Labute approximate surface area is 145 Å². The van der Waals surface area contributed by atoms with Crippen molar-refractivity contribution in [2.24, 2.45) is 5.92 Å². The average Bonchev–Trinajstić information content (AvgIpc) is 2.93. The number of amides is 1. The van der Waals surface area contributed by atoms with E-state index < -0.39 is 0 Å². The Morgan fingerprint density at radius 1 is 1.29 bits per heavy atom. The van der Waals surface area contributed by atoms with Gasteiger partial charge in [-0.1, -0.05) is 18.2 Å². The van der Waals surface area contributed by atoms with E-state index in [9.17, 15) is 4.79 Å². The second-order valence-corrected chi connectivity index (χ2v) is 7.55. The Kier molecular flexibility index (Phi) is 5.44. The summed E-state index contributed by atoms with van der Waals surface area (Å²) in [4.78, 5) is 14.6. The summed E-state index contributed by atoms with van der Waals surface area (Å²) >= 11 is 0. The third-order valence-corrected chi connectivity index (χ3v) is 5.80. The van der Waals surface area contributed by atoms with Crippen molar-refractivity contribution in [1.29, 1.82) is 0 Å². The van der Waals surface area contributed by atoms with E-state index in [0.717, 1.165) is 30.6 Å². The van der Waals surface area contributed by atoms with Crippen LogP contribution in [0.1, 0.15) is 44.6 Å². The van der Waals surface area contributed by atoms with Crippen molar-refractivity contribution >= 4 is 5.91 Å². The van der Waals surface area contributed by atoms with Crippen LogP contribution >= 0.6 is 0 Å². The summed E-state index contributed by atoms with van der Waals surface area (Å²) in [6.45, 7) is 2.12. The first-order chi connectivity index (χ1) is 11.6. The number of nitrogens with zero attached hydrogens (tertiary/aromatic N) is 1. The quantitative estimate of drug-likeness (QED) is 0.872. The number of rotatable bonds is 6. The summed E-state index contributed by atoms with van der Waals surface area (Å²) in [5.41, 5.74) is 1.16. The Balaban J connectivity index is 1.54. The van der Waals surface area contributed by atoms with Crippen LogP contribution in [0.25, 0.3) is 0 Å². The Bertz CT molecular complexity index is 563. The van der Waals surface area contributed by atoms with Gasteiger partial charge in [-0.15, -0.1) is 0 Å². The van der Waals surface area contributed by atoms with E-state index in [-0.39, 0.29) is 11.9 Å². The molecule has 1 amide bonds. The molecule has 4 nitrogen and oxygen atoms in total. The maximum absolute atomic E-state index is 12.7. The summed E-state index contributed by atoms with van der Waals surface area (Å²) in [5.74, 6) is 1.74. The third kappa shape index (κ3) is 3.92. The number of ether oxygens (including phenoxy) is 1. The smallest absolute Gasteiger partial charge is 0.222 e. The molecule has 24 heavy (non-hydrogen) atoms. The van der Waals surface area contributed by atoms with Crippen molar-refractivity contribution < 1.29 is 9.53 Å². The first kappa shape index (κ1) is 17.3. The molecular weight excluding hydrogens is 300 g/mol. The highest BCUT2D eigenvalue weighted by molar-refractivity contribution is 5.76. The number of fused-ring (bicyclic) bond motifs is 2. The largest absolute Gasteiger partial charge is 0.496 e. The summed E-state index contributed by atoms with van der Waals surface area (Å²) < 4.78 is 5.43. The molecule has 2 aliphatic rings. The highest BCUT2D eigenvalue weighted by Gasteiger charge is 2.34. The predicted molar refractivity (Wildman–Crippen MR) is 96.2 cm³/mol. The van der Waals surface area contributed by atoms with Gasteiger partial charge in [0.05, 0.1) is 7.11 Å². The molecule has 1 aromatic carbocycles. The molecule has 2 heterocycles. The van der Waals surface area contributed by atoms with Gasteiger partial charge in [0.2, 0.25) is 5.91 Å². The van der Waals surface area contributed by atoms with Crippen molar-refractivity contribution in [3.8, 4) is 5.75 Å². The fourth-order valence-corrected chi connectivity index (χ4v) is 4.31. The average molecular weight is 330 g/mol. The minimum absolute atomic E-state index is 0.173. The fourth-order valence-electron chi connectivity index (χ4n) is 4.31. The van der Waals surface area contributed by atoms with Crippen LogP contribution in [0.5, 0.6) is 5.75 Å². The Morgan fingerprint density at radius 2 is 1.96 bits per heavy atom. The topological polar surface area (TPSA) is 41.6 Å². The van der Waals surface area contributed by atoms with Crippen molar-refractivity contribution in [1.82, 2.24) is 10.2 Å². The molecule has 0 saturated carbocycles. The van der Waals surface area contributed by atoms with Crippen molar-refractivity contribution in [3.05, 3.63) is 29.8 Å². The Morgan fingerprint density at radius 3 is 2.62 bits per heavy atom. The molecule has 132 valence electrons. The lowest BCUT2D eigenvalue weighted by atomic mass is 9.89. The lowest BCUT2D eigenvalue weighted by molar-refractivity contribution is -0.132. The van der Waals surface area contributed by atoms with E-state index in [1.165, 1.54) is 12.8 Å². The molecule has 0 spiro atoms. The van der Waals surface area contributed by atoms with Gasteiger partial charge in [0.15, 0.2) is 0 Å². The lowest BCUT2D eigenvalue weighted by Gasteiger charge is -2.31. The second kappa shape index (κ2) is 7.56. The normalized spacial score (nSPS) is 26.9. The molecule has 0 radical (unpaired) electrons. The van der Waals surface area contributed by atoms with Crippen LogP contribution in [0.2, 0.25) is 0 Å². The number of likely N-dealkylation sites (N-methyl/N-ethyl adjacent to an activating group) is 1. The van der Waals surface area contributed by atoms with Crippen LogP contribution in [0.15, 0.2) is 24.3 Å². The van der Waals surface area contributed by atoms with E-state index in [1.54, 1.807) is 7.11 Å². The van der Waals surface area contributed by atoms with E-state index in [1.807, 2.05) is 30.1 Å². The highest BCUT2D eigenvalue weighted by atomic mass is 16.5. The van der Waals surface area contributed by atoms with E-state index >= 15 is 0 Å². The molecule has 4 heteroatoms. The van der Waals surface area contributed by atoms with Gasteiger partial charge in [0.25, 0.3) is 0 Å². The maximum atomic E-state index is 12.7. The number of para-hydroxylation sites is 1. The van der Waals surface area contributed by atoms with Crippen molar-refractivity contribution in [3.63, 3.8) is 0 Å². The van der Waals surface area contributed by atoms with Crippen LogP contribution in [0, 0.1) is 5.92 Å². The molecule has 3 unspecified atom stereocenters.